The van der Waals surface area contributed by atoms with Crippen molar-refractivity contribution in [3.05, 3.63) is 0 Å². The fourth-order valence-electron chi connectivity index (χ4n) is 2.01. The SMILES string of the molecule is CCCCCCCCNCC(O)COCC1CC1. The van der Waals surface area contributed by atoms with Crippen molar-refractivity contribution in [3.8, 4) is 0 Å². The van der Waals surface area contributed by atoms with Crippen molar-refractivity contribution in [2.24, 2.45) is 5.92 Å². The van der Waals surface area contributed by atoms with E-state index in [9.17, 15) is 5.11 Å². The summed E-state index contributed by atoms with van der Waals surface area (Å²) in [6, 6.07) is 0. The minimum atomic E-state index is -0.344. The number of hydrogen-bond donors (Lipinski definition) is 2. The zero-order chi connectivity index (χ0) is 13.1. The van der Waals surface area contributed by atoms with Crippen molar-refractivity contribution < 1.29 is 9.84 Å². The molecule has 1 aliphatic carbocycles. The Hall–Kier alpha value is -0.120. The second kappa shape index (κ2) is 10.8. The van der Waals surface area contributed by atoms with Crippen molar-refractivity contribution >= 4 is 0 Å². The fourth-order valence-corrected chi connectivity index (χ4v) is 2.01. The van der Waals surface area contributed by atoms with E-state index in [1.165, 1.54) is 51.4 Å². The van der Waals surface area contributed by atoms with Crippen LogP contribution in [0.25, 0.3) is 0 Å². The number of aliphatic hydroxyl groups excluding tert-OH is 1. The molecule has 1 atom stereocenters. The van der Waals surface area contributed by atoms with Gasteiger partial charge in [-0.2, -0.15) is 0 Å². The maximum absolute atomic E-state index is 9.67. The second-order valence-corrected chi connectivity index (χ2v) is 5.61. The number of ether oxygens (including phenoxy) is 1. The Labute approximate surface area is 112 Å². The van der Waals surface area contributed by atoms with Crippen molar-refractivity contribution in [1.29, 1.82) is 0 Å². The van der Waals surface area contributed by atoms with E-state index in [-0.39, 0.29) is 6.10 Å². The predicted molar refractivity (Wildman–Crippen MR) is 75.8 cm³/mol. The van der Waals surface area contributed by atoms with E-state index in [1.807, 2.05) is 0 Å². The van der Waals surface area contributed by atoms with Crippen LogP contribution in [-0.2, 0) is 4.74 Å². The first kappa shape index (κ1) is 15.9. The highest BCUT2D eigenvalue weighted by molar-refractivity contribution is 4.72. The minimum absolute atomic E-state index is 0.344. The molecule has 3 heteroatoms. The van der Waals surface area contributed by atoms with E-state index in [4.69, 9.17) is 4.74 Å². The molecule has 0 aliphatic heterocycles. The molecule has 1 saturated carbocycles. The molecule has 1 rings (SSSR count). The van der Waals surface area contributed by atoms with E-state index >= 15 is 0 Å². The highest BCUT2D eigenvalue weighted by Crippen LogP contribution is 2.28. The largest absolute Gasteiger partial charge is 0.389 e. The zero-order valence-corrected chi connectivity index (χ0v) is 12.0. The van der Waals surface area contributed by atoms with Crippen LogP contribution in [0.5, 0.6) is 0 Å². The predicted octanol–water partition coefficient (Wildman–Crippen LogP) is 2.72. The van der Waals surface area contributed by atoms with E-state index < -0.39 is 0 Å². The van der Waals surface area contributed by atoms with Gasteiger partial charge in [0.05, 0.1) is 12.7 Å². The fraction of sp³-hybridized carbons (Fsp3) is 1.00. The summed E-state index contributed by atoms with van der Waals surface area (Å²) in [5.41, 5.74) is 0. The Bertz CT molecular complexity index is 183. The third-order valence-electron chi connectivity index (χ3n) is 3.45. The lowest BCUT2D eigenvalue weighted by Gasteiger charge is -2.12. The molecule has 0 aromatic heterocycles. The van der Waals surface area contributed by atoms with Gasteiger partial charge < -0.3 is 15.2 Å². The maximum Gasteiger partial charge on any atom is 0.0897 e. The van der Waals surface area contributed by atoms with Crippen LogP contribution in [0.2, 0.25) is 0 Å². The van der Waals surface area contributed by atoms with Gasteiger partial charge >= 0.3 is 0 Å². The molecule has 0 aromatic rings. The van der Waals surface area contributed by atoms with Crippen LogP contribution in [0.3, 0.4) is 0 Å². The van der Waals surface area contributed by atoms with Crippen molar-refractivity contribution in [3.63, 3.8) is 0 Å². The summed E-state index contributed by atoms with van der Waals surface area (Å²) < 4.78 is 5.45. The minimum Gasteiger partial charge on any atom is -0.389 e. The highest BCUT2D eigenvalue weighted by atomic mass is 16.5. The van der Waals surface area contributed by atoms with Gasteiger partial charge in [-0.05, 0) is 31.7 Å². The normalized spacial score (nSPS) is 17.0. The first-order valence-corrected chi connectivity index (χ1v) is 7.79. The Morgan fingerprint density at radius 3 is 2.61 bits per heavy atom. The molecular weight excluding hydrogens is 226 g/mol. The lowest BCUT2D eigenvalue weighted by atomic mass is 10.1. The van der Waals surface area contributed by atoms with E-state index in [0.29, 0.717) is 13.2 Å². The molecule has 0 amide bonds. The number of aliphatic hydroxyl groups is 1. The standard InChI is InChI=1S/C15H31NO2/c1-2-3-4-5-6-7-10-16-11-15(17)13-18-12-14-8-9-14/h14-17H,2-13H2,1H3. The third-order valence-corrected chi connectivity index (χ3v) is 3.45. The van der Waals surface area contributed by atoms with Crippen LogP contribution in [0.1, 0.15) is 58.3 Å². The van der Waals surface area contributed by atoms with Gasteiger partial charge in [-0.3, -0.25) is 0 Å². The summed E-state index contributed by atoms with van der Waals surface area (Å²) in [5.74, 6) is 0.785. The van der Waals surface area contributed by atoms with Crippen LogP contribution in [0, 0.1) is 5.92 Å². The number of rotatable bonds is 13. The Morgan fingerprint density at radius 1 is 1.17 bits per heavy atom. The molecule has 1 aliphatic rings. The average molecular weight is 257 g/mol. The van der Waals surface area contributed by atoms with Crippen molar-refractivity contribution in [1.82, 2.24) is 5.32 Å². The summed E-state index contributed by atoms with van der Waals surface area (Å²) in [5, 5.41) is 13.0. The van der Waals surface area contributed by atoms with Crippen LogP contribution < -0.4 is 5.32 Å². The molecule has 18 heavy (non-hydrogen) atoms. The summed E-state index contributed by atoms with van der Waals surface area (Å²) in [7, 11) is 0. The van der Waals surface area contributed by atoms with Crippen LogP contribution >= 0.6 is 0 Å². The van der Waals surface area contributed by atoms with Gasteiger partial charge in [-0.15, -0.1) is 0 Å². The smallest absolute Gasteiger partial charge is 0.0897 e. The molecule has 108 valence electrons. The topological polar surface area (TPSA) is 41.5 Å². The first-order chi connectivity index (χ1) is 8.83. The molecule has 2 N–H and O–H groups in total. The number of unbranched alkanes of at least 4 members (excludes halogenated alkanes) is 5. The van der Waals surface area contributed by atoms with Gasteiger partial charge in [0.15, 0.2) is 0 Å². The summed E-state index contributed by atoms with van der Waals surface area (Å²) in [6.45, 7) is 5.26. The van der Waals surface area contributed by atoms with Crippen LogP contribution in [0.4, 0.5) is 0 Å². The molecule has 0 heterocycles. The summed E-state index contributed by atoms with van der Waals surface area (Å²) in [4.78, 5) is 0. The van der Waals surface area contributed by atoms with Gasteiger partial charge in [0.2, 0.25) is 0 Å². The molecular formula is C15H31NO2. The quantitative estimate of drug-likeness (QED) is 0.499. The molecule has 3 nitrogen and oxygen atoms in total. The molecule has 1 unspecified atom stereocenters. The Morgan fingerprint density at radius 2 is 1.89 bits per heavy atom. The zero-order valence-electron chi connectivity index (χ0n) is 12.0. The molecule has 0 radical (unpaired) electrons. The maximum atomic E-state index is 9.67. The van der Waals surface area contributed by atoms with Crippen LogP contribution in [-0.4, -0.2) is 37.5 Å². The lowest BCUT2D eigenvalue weighted by molar-refractivity contribution is 0.0326. The van der Waals surface area contributed by atoms with Gasteiger partial charge in [0, 0.05) is 13.2 Å². The molecule has 0 aromatic carbocycles. The van der Waals surface area contributed by atoms with Gasteiger partial charge in [0.25, 0.3) is 0 Å². The van der Waals surface area contributed by atoms with Crippen LogP contribution in [0.15, 0.2) is 0 Å². The molecule has 0 spiro atoms. The van der Waals surface area contributed by atoms with Gasteiger partial charge in [-0.1, -0.05) is 39.0 Å². The summed E-state index contributed by atoms with van der Waals surface area (Å²) in [6.07, 6.45) is 10.2. The van der Waals surface area contributed by atoms with Gasteiger partial charge in [0.1, 0.15) is 0 Å². The number of hydrogen-bond acceptors (Lipinski definition) is 3. The molecule has 0 bridgehead atoms. The average Bonchev–Trinajstić information content (AvgIpc) is 3.17. The van der Waals surface area contributed by atoms with Crippen molar-refractivity contribution in [2.75, 3.05) is 26.3 Å². The molecule has 0 saturated heterocycles. The Kier molecular flexibility index (Phi) is 9.54. The highest BCUT2D eigenvalue weighted by Gasteiger charge is 2.21. The van der Waals surface area contributed by atoms with E-state index in [1.54, 1.807) is 0 Å². The lowest BCUT2D eigenvalue weighted by Crippen LogP contribution is -2.31. The van der Waals surface area contributed by atoms with Gasteiger partial charge in [-0.25, -0.2) is 0 Å². The van der Waals surface area contributed by atoms with Crippen molar-refractivity contribution in [2.45, 2.75) is 64.4 Å². The second-order valence-electron chi connectivity index (χ2n) is 5.61. The van der Waals surface area contributed by atoms with E-state index in [0.717, 1.165) is 19.1 Å². The van der Waals surface area contributed by atoms with E-state index in [2.05, 4.69) is 12.2 Å². The number of nitrogens with one attached hydrogen (secondary N) is 1. The first-order valence-electron chi connectivity index (χ1n) is 7.79. The Balaban J connectivity index is 1.73. The monoisotopic (exact) mass is 257 g/mol. The third kappa shape index (κ3) is 9.86. The summed E-state index contributed by atoms with van der Waals surface area (Å²) >= 11 is 0. The molecule has 1 fully saturated rings.